The summed E-state index contributed by atoms with van der Waals surface area (Å²) < 4.78 is 38.7. The largest absolute Gasteiger partial charge is 0.467 e. The summed E-state index contributed by atoms with van der Waals surface area (Å²) in [4.78, 5) is 31.9. The van der Waals surface area contributed by atoms with E-state index in [0.717, 1.165) is 18.7 Å². The maximum Gasteiger partial charge on any atom is 0.257 e. The monoisotopic (exact) mass is 497 g/mol. The Bertz CT molecular complexity index is 1130. The second-order valence-corrected chi connectivity index (χ2v) is 8.62. The highest BCUT2D eigenvalue weighted by Crippen LogP contribution is 2.15. The Hall–Kier alpha value is -3.56. The summed E-state index contributed by atoms with van der Waals surface area (Å²) in [6.07, 6.45) is 1.52. The van der Waals surface area contributed by atoms with Gasteiger partial charge in [-0.2, -0.15) is 0 Å². The summed E-state index contributed by atoms with van der Waals surface area (Å²) >= 11 is 0. The molecule has 36 heavy (non-hydrogen) atoms. The molecule has 1 fully saturated rings. The van der Waals surface area contributed by atoms with E-state index in [1.807, 2.05) is 0 Å². The Balaban J connectivity index is 1.53. The normalized spacial score (nSPS) is 13.9. The van der Waals surface area contributed by atoms with Crippen molar-refractivity contribution in [2.45, 2.75) is 13.1 Å². The number of benzene rings is 2. The summed E-state index contributed by atoms with van der Waals surface area (Å²) in [6.45, 7) is 3.59. The molecule has 0 spiro atoms. The van der Waals surface area contributed by atoms with Crippen molar-refractivity contribution in [2.75, 3.05) is 45.9 Å². The molecule has 0 bridgehead atoms. The lowest BCUT2D eigenvalue weighted by Gasteiger charge is -2.31. The number of halogens is 2. The first-order chi connectivity index (χ1) is 17.5. The maximum atomic E-state index is 14.5. The van der Waals surface area contributed by atoms with Gasteiger partial charge < -0.3 is 19.0 Å². The van der Waals surface area contributed by atoms with Gasteiger partial charge in [0.1, 0.15) is 23.9 Å². The Kier molecular flexibility index (Phi) is 8.80. The van der Waals surface area contributed by atoms with Gasteiger partial charge in [-0.05, 0) is 42.0 Å². The lowest BCUT2D eigenvalue weighted by Crippen LogP contribution is -2.47. The Morgan fingerprint density at radius 1 is 0.889 bits per heavy atom. The van der Waals surface area contributed by atoms with E-state index in [-0.39, 0.29) is 43.5 Å². The van der Waals surface area contributed by atoms with Crippen LogP contribution in [0.5, 0.6) is 0 Å². The molecule has 0 N–H and O–H groups in total. The van der Waals surface area contributed by atoms with Crippen molar-refractivity contribution in [2.24, 2.45) is 0 Å². The molecule has 190 valence electrons. The average Bonchev–Trinajstić information content (AvgIpc) is 3.41. The van der Waals surface area contributed by atoms with Crippen LogP contribution in [0.2, 0.25) is 0 Å². The van der Waals surface area contributed by atoms with Crippen molar-refractivity contribution < 1.29 is 27.5 Å². The predicted octanol–water partition coefficient (Wildman–Crippen LogP) is 3.56. The Morgan fingerprint density at radius 2 is 1.64 bits per heavy atom. The van der Waals surface area contributed by atoms with E-state index in [1.54, 1.807) is 35.2 Å². The van der Waals surface area contributed by atoms with Crippen molar-refractivity contribution >= 4 is 11.8 Å². The van der Waals surface area contributed by atoms with E-state index in [2.05, 4.69) is 4.90 Å². The minimum atomic E-state index is -0.634. The SMILES string of the molecule is O=C(CN(CCN1CCOCC1)C(=O)c1ccccc1F)N(Cc1ccc(F)cc1)Cc1ccco1. The van der Waals surface area contributed by atoms with E-state index in [4.69, 9.17) is 9.15 Å². The molecule has 0 atom stereocenters. The van der Waals surface area contributed by atoms with Gasteiger partial charge in [0.15, 0.2) is 0 Å². The summed E-state index contributed by atoms with van der Waals surface area (Å²) in [5, 5.41) is 0. The maximum absolute atomic E-state index is 14.5. The Labute approximate surface area is 208 Å². The van der Waals surface area contributed by atoms with Crippen molar-refractivity contribution in [3.63, 3.8) is 0 Å². The van der Waals surface area contributed by atoms with Crippen LogP contribution in [0.4, 0.5) is 8.78 Å². The molecule has 2 heterocycles. The molecule has 2 amide bonds. The fourth-order valence-electron chi connectivity index (χ4n) is 4.04. The number of carbonyl (C=O) groups excluding carboxylic acids is 2. The van der Waals surface area contributed by atoms with Crippen LogP contribution in [-0.4, -0.2) is 72.5 Å². The summed E-state index contributed by atoms with van der Waals surface area (Å²) in [5.41, 5.74) is 0.653. The van der Waals surface area contributed by atoms with Crippen LogP contribution in [0.15, 0.2) is 71.3 Å². The molecule has 1 aliphatic rings. The number of amides is 2. The standard InChI is InChI=1S/C27H29F2N3O4/c28-22-9-7-21(8-10-22)18-32(19-23-4-3-15-36-23)26(33)20-31(12-11-30-13-16-35-17-14-30)27(34)24-5-1-2-6-25(24)29/h1-10,15H,11-14,16-20H2. The molecule has 9 heteroatoms. The van der Waals surface area contributed by atoms with Crippen LogP contribution in [0.25, 0.3) is 0 Å². The van der Waals surface area contributed by atoms with Gasteiger partial charge in [-0.1, -0.05) is 24.3 Å². The summed E-state index contributed by atoms with van der Waals surface area (Å²) in [6, 6.07) is 15.1. The molecule has 4 rings (SSSR count). The van der Waals surface area contributed by atoms with Crippen molar-refractivity contribution in [1.82, 2.24) is 14.7 Å². The van der Waals surface area contributed by atoms with Gasteiger partial charge in [-0.3, -0.25) is 14.5 Å². The van der Waals surface area contributed by atoms with Crippen molar-refractivity contribution in [1.29, 1.82) is 0 Å². The van der Waals surface area contributed by atoms with Crippen molar-refractivity contribution in [3.05, 3.63) is 95.4 Å². The highest BCUT2D eigenvalue weighted by Gasteiger charge is 2.25. The zero-order valence-corrected chi connectivity index (χ0v) is 19.9. The number of ether oxygens (including phenoxy) is 1. The zero-order valence-electron chi connectivity index (χ0n) is 19.9. The van der Waals surface area contributed by atoms with Gasteiger partial charge in [-0.25, -0.2) is 8.78 Å². The molecule has 0 radical (unpaired) electrons. The first-order valence-electron chi connectivity index (χ1n) is 11.9. The number of hydrogen-bond acceptors (Lipinski definition) is 5. The summed E-state index contributed by atoms with van der Waals surface area (Å²) in [7, 11) is 0. The molecule has 1 aliphatic heterocycles. The van der Waals surface area contributed by atoms with Crippen LogP contribution in [0.3, 0.4) is 0 Å². The van der Waals surface area contributed by atoms with E-state index in [1.165, 1.54) is 41.5 Å². The number of rotatable bonds is 10. The quantitative estimate of drug-likeness (QED) is 0.429. The van der Waals surface area contributed by atoms with Crippen LogP contribution in [-0.2, 0) is 22.6 Å². The van der Waals surface area contributed by atoms with Crippen LogP contribution in [0.1, 0.15) is 21.7 Å². The fourth-order valence-corrected chi connectivity index (χ4v) is 4.04. The van der Waals surface area contributed by atoms with E-state index >= 15 is 0 Å². The molecule has 0 saturated carbocycles. The lowest BCUT2D eigenvalue weighted by atomic mass is 10.1. The van der Waals surface area contributed by atoms with E-state index < -0.39 is 11.7 Å². The smallest absolute Gasteiger partial charge is 0.257 e. The lowest BCUT2D eigenvalue weighted by molar-refractivity contribution is -0.133. The van der Waals surface area contributed by atoms with Gasteiger partial charge in [-0.15, -0.1) is 0 Å². The van der Waals surface area contributed by atoms with E-state index in [0.29, 0.717) is 25.5 Å². The molecule has 0 unspecified atom stereocenters. The highest BCUT2D eigenvalue weighted by molar-refractivity contribution is 5.96. The third-order valence-corrected chi connectivity index (χ3v) is 6.07. The molecule has 1 saturated heterocycles. The molecule has 0 aliphatic carbocycles. The predicted molar refractivity (Wildman–Crippen MR) is 129 cm³/mol. The Morgan fingerprint density at radius 3 is 2.33 bits per heavy atom. The minimum Gasteiger partial charge on any atom is -0.467 e. The zero-order chi connectivity index (χ0) is 25.3. The van der Waals surface area contributed by atoms with Crippen molar-refractivity contribution in [3.8, 4) is 0 Å². The topological polar surface area (TPSA) is 66.2 Å². The van der Waals surface area contributed by atoms with Gasteiger partial charge in [0, 0.05) is 32.7 Å². The minimum absolute atomic E-state index is 0.0802. The number of morpholine rings is 1. The average molecular weight is 498 g/mol. The third-order valence-electron chi connectivity index (χ3n) is 6.07. The molecule has 3 aromatic rings. The van der Waals surface area contributed by atoms with E-state index in [9.17, 15) is 18.4 Å². The van der Waals surface area contributed by atoms with Gasteiger partial charge in [0.2, 0.25) is 5.91 Å². The molecular formula is C27H29F2N3O4. The molecule has 7 nitrogen and oxygen atoms in total. The second-order valence-electron chi connectivity index (χ2n) is 8.62. The molecule has 2 aromatic carbocycles. The number of hydrogen-bond donors (Lipinski definition) is 0. The van der Waals surface area contributed by atoms with Gasteiger partial charge >= 0.3 is 0 Å². The first-order valence-corrected chi connectivity index (χ1v) is 11.9. The highest BCUT2D eigenvalue weighted by atomic mass is 19.1. The summed E-state index contributed by atoms with van der Waals surface area (Å²) in [5.74, 6) is -1.31. The van der Waals surface area contributed by atoms with Gasteiger partial charge in [0.25, 0.3) is 5.91 Å². The molecular weight excluding hydrogens is 468 g/mol. The first kappa shape index (κ1) is 25.5. The fraction of sp³-hybridized carbons (Fsp3) is 0.333. The van der Waals surface area contributed by atoms with Crippen LogP contribution < -0.4 is 0 Å². The molecule has 1 aromatic heterocycles. The third kappa shape index (κ3) is 6.99. The van der Waals surface area contributed by atoms with Crippen LogP contribution >= 0.6 is 0 Å². The second kappa shape index (κ2) is 12.4. The number of carbonyl (C=O) groups is 2. The van der Waals surface area contributed by atoms with Gasteiger partial charge in [0.05, 0.1) is 31.6 Å². The number of furan rings is 1. The number of nitrogens with zero attached hydrogens (tertiary/aromatic N) is 3. The van der Waals surface area contributed by atoms with Crippen LogP contribution in [0, 0.1) is 11.6 Å².